The average molecular weight is 487 g/mol. The minimum atomic E-state index is -4.11. The van der Waals surface area contributed by atoms with Gasteiger partial charge in [-0.1, -0.05) is 61.0 Å². The fourth-order valence-corrected chi connectivity index (χ4v) is 5.92. The SMILES string of the molecule is CCc1ccccc1NC(SCc1c(F)cccc1Cl)=C(C#N)S(=O)(=O)c1ccccc1. The fourth-order valence-electron chi connectivity index (χ4n) is 3.00. The molecule has 0 aliphatic rings. The van der Waals surface area contributed by atoms with E-state index in [0.717, 1.165) is 17.3 Å². The van der Waals surface area contributed by atoms with E-state index in [4.69, 9.17) is 11.6 Å². The quantitative estimate of drug-likeness (QED) is 0.365. The minimum absolute atomic E-state index is 0.00384. The molecule has 0 aliphatic heterocycles. The lowest BCUT2D eigenvalue weighted by atomic mass is 10.1. The van der Waals surface area contributed by atoms with Crippen LogP contribution in [0, 0.1) is 17.1 Å². The number of hydrogen-bond acceptors (Lipinski definition) is 5. The standard InChI is InChI=1S/C24H20ClFN2O2S2/c1-2-17-9-6-7-14-22(17)28-24(31-16-19-20(25)12-8-13-21(19)26)23(15-27)32(29,30)18-10-4-3-5-11-18/h3-14,28H,2,16H2,1H3. The van der Waals surface area contributed by atoms with Gasteiger partial charge in [-0.05, 0) is 42.3 Å². The molecule has 1 N–H and O–H groups in total. The summed E-state index contributed by atoms with van der Waals surface area (Å²) >= 11 is 7.16. The molecule has 0 aromatic heterocycles. The third-order valence-corrected chi connectivity index (χ3v) is 7.94. The molecule has 0 spiro atoms. The van der Waals surface area contributed by atoms with E-state index in [1.54, 1.807) is 30.3 Å². The number of nitrogens with one attached hydrogen (secondary N) is 1. The molecule has 32 heavy (non-hydrogen) atoms. The summed E-state index contributed by atoms with van der Waals surface area (Å²) < 4.78 is 40.8. The lowest BCUT2D eigenvalue weighted by Crippen LogP contribution is -2.11. The lowest BCUT2D eigenvalue weighted by molar-refractivity contribution is 0.603. The van der Waals surface area contributed by atoms with Gasteiger partial charge in [0.2, 0.25) is 9.84 Å². The van der Waals surface area contributed by atoms with Crippen LogP contribution < -0.4 is 5.32 Å². The third kappa shape index (κ3) is 5.33. The Kier molecular flexibility index (Phi) is 7.97. The van der Waals surface area contributed by atoms with Crippen molar-refractivity contribution in [3.8, 4) is 6.07 Å². The molecular formula is C24H20ClFN2O2S2. The Hall–Kier alpha value is -2.79. The molecule has 0 atom stereocenters. The van der Waals surface area contributed by atoms with Crippen LogP contribution in [0.2, 0.25) is 5.02 Å². The third-order valence-electron chi connectivity index (χ3n) is 4.70. The van der Waals surface area contributed by atoms with Crippen LogP contribution in [0.4, 0.5) is 10.1 Å². The number of para-hydroxylation sites is 1. The number of nitriles is 1. The first-order valence-electron chi connectivity index (χ1n) is 9.73. The lowest BCUT2D eigenvalue weighted by Gasteiger charge is -2.16. The molecule has 4 nitrogen and oxygen atoms in total. The number of aryl methyl sites for hydroxylation is 1. The maximum absolute atomic E-state index is 14.3. The summed E-state index contributed by atoms with van der Waals surface area (Å²) in [7, 11) is -4.11. The normalized spacial score (nSPS) is 12.1. The zero-order valence-corrected chi connectivity index (χ0v) is 19.6. The van der Waals surface area contributed by atoms with Gasteiger partial charge in [0, 0.05) is 22.0 Å². The molecule has 0 unspecified atom stereocenters. The van der Waals surface area contributed by atoms with Crippen LogP contribution in [0.25, 0.3) is 0 Å². The van der Waals surface area contributed by atoms with E-state index in [1.807, 2.05) is 31.2 Å². The summed E-state index contributed by atoms with van der Waals surface area (Å²) in [5, 5.41) is 13.3. The van der Waals surface area contributed by atoms with Crippen LogP contribution in [-0.4, -0.2) is 8.42 Å². The predicted molar refractivity (Wildman–Crippen MR) is 128 cm³/mol. The van der Waals surface area contributed by atoms with Crippen LogP contribution in [-0.2, 0) is 22.0 Å². The van der Waals surface area contributed by atoms with Gasteiger partial charge in [-0.2, -0.15) is 5.26 Å². The molecule has 0 fully saturated rings. The summed E-state index contributed by atoms with van der Waals surface area (Å²) in [5.74, 6) is -0.458. The van der Waals surface area contributed by atoms with Crippen molar-refractivity contribution in [2.75, 3.05) is 5.32 Å². The first-order valence-corrected chi connectivity index (χ1v) is 12.6. The number of sulfone groups is 1. The van der Waals surface area contributed by atoms with Gasteiger partial charge >= 0.3 is 0 Å². The molecule has 0 radical (unpaired) electrons. The minimum Gasteiger partial charge on any atom is -0.348 e. The summed E-state index contributed by atoms with van der Waals surface area (Å²) in [6, 6.07) is 21.4. The highest BCUT2D eigenvalue weighted by atomic mass is 35.5. The average Bonchev–Trinajstić information content (AvgIpc) is 2.79. The van der Waals surface area contributed by atoms with Crippen molar-refractivity contribution in [3.05, 3.63) is 105 Å². The molecule has 3 rings (SSSR count). The first kappa shape index (κ1) is 23.9. The Balaban J connectivity index is 2.11. The van der Waals surface area contributed by atoms with Crippen molar-refractivity contribution >= 4 is 38.9 Å². The smallest absolute Gasteiger partial charge is 0.219 e. The van der Waals surface area contributed by atoms with Gasteiger partial charge in [0.05, 0.1) is 4.90 Å². The first-order chi connectivity index (χ1) is 15.4. The molecular weight excluding hydrogens is 467 g/mol. The summed E-state index contributed by atoms with van der Waals surface area (Å²) in [6.45, 7) is 1.97. The monoisotopic (exact) mass is 486 g/mol. The number of hydrogen-bond donors (Lipinski definition) is 1. The van der Waals surface area contributed by atoms with E-state index in [-0.39, 0.29) is 26.3 Å². The number of benzene rings is 3. The van der Waals surface area contributed by atoms with Crippen LogP contribution in [0.15, 0.2) is 87.6 Å². The summed E-state index contributed by atoms with van der Waals surface area (Å²) in [5.41, 5.74) is 1.86. The Morgan fingerprint density at radius 1 is 1.06 bits per heavy atom. The number of nitrogens with zero attached hydrogens (tertiary/aromatic N) is 1. The Morgan fingerprint density at radius 2 is 1.75 bits per heavy atom. The van der Waals surface area contributed by atoms with Gasteiger partial charge < -0.3 is 5.32 Å². The number of thioether (sulfide) groups is 1. The van der Waals surface area contributed by atoms with Gasteiger partial charge in [0.25, 0.3) is 0 Å². The highest BCUT2D eigenvalue weighted by Gasteiger charge is 2.26. The maximum Gasteiger partial charge on any atom is 0.219 e. The molecule has 0 saturated heterocycles. The second-order valence-electron chi connectivity index (χ2n) is 6.71. The van der Waals surface area contributed by atoms with E-state index in [1.165, 1.54) is 24.3 Å². The zero-order valence-electron chi connectivity index (χ0n) is 17.2. The zero-order chi connectivity index (χ0) is 23.1. The predicted octanol–water partition coefficient (Wildman–Crippen LogP) is 6.55. The van der Waals surface area contributed by atoms with Crippen LogP contribution in [0.3, 0.4) is 0 Å². The summed E-state index contributed by atoms with van der Waals surface area (Å²) in [4.78, 5) is -0.434. The Labute approximate surface area is 196 Å². The van der Waals surface area contributed by atoms with Gasteiger partial charge in [-0.15, -0.1) is 11.8 Å². The van der Waals surface area contributed by atoms with Crippen molar-refractivity contribution in [2.45, 2.75) is 24.0 Å². The molecule has 3 aromatic rings. The van der Waals surface area contributed by atoms with Crippen molar-refractivity contribution in [3.63, 3.8) is 0 Å². The molecule has 0 amide bonds. The van der Waals surface area contributed by atoms with Crippen LogP contribution in [0.1, 0.15) is 18.1 Å². The molecule has 3 aromatic carbocycles. The number of rotatable bonds is 8. The number of allylic oxidation sites excluding steroid dienone is 1. The highest BCUT2D eigenvalue weighted by Crippen LogP contribution is 2.34. The molecule has 0 aliphatic carbocycles. The largest absolute Gasteiger partial charge is 0.348 e. The fraction of sp³-hybridized carbons (Fsp3) is 0.125. The molecule has 0 saturated carbocycles. The van der Waals surface area contributed by atoms with Gasteiger partial charge in [0.1, 0.15) is 16.9 Å². The second kappa shape index (κ2) is 10.7. The topological polar surface area (TPSA) is 70.0 Å². The van der Waals surface area contributed by atoms with Crippen molar-refractivity contribution in [1.82, 2.24) is 0 Å². The van der Waals surface area contributed by atoms with Crippen molar-refractivity contribution in [2.24, 2.45) is 0 Å². The Morgan fingerprint density at radius 3 is 2.41 bits per heavy atom. The van der Waals surface area contributed by atoms with Crippen molar-refractivity contribution < 1.29 is 12.8 Å². The van der Waals surface area contributed by atoms with Crippen LogP contribution >= 0.6 is 23.4 Å². The van der Waals surface area contributed by atoms with Crippen LogP contribution in [0.5, 0.6) is 0 Å². The molecule has 0 heterocycles. The highest BCUT2D eigenvalue weighted by molar-refractivity contribution is 8.04. The van der Waals surface area contributed by atoms with Gasteiger partial charge in [-0.25, -0.2) is 12.8 Å². The molecule has 0 bridgehead atoms. The Bertz CT molecular complexity index is 1270. The second-order valence-corrected chi connectivity index (χ2v) is 9.99. The number of anilines is 1. The van der Waals surface area contributed by atoms with Crippen molar-refractivity contribution in [1.29, 1.82) is 5.26 Å². The van der Waals surface area contributed by atoms with Gasteiger partial charge in [0.15, 0.2) is 4.91 Å². The maximum atomic E-state index is 14.3. The van der Waals surface area contributed by atoms with E-state index < -0.39 is 20.6 Å². The van der Waals surface area contributed by atoms with E-state index >= 15 is 0 Å². The summed E-state index contributed by atoms with van der Waals surface area (Å²) in [6.07, 6.45) is 0.702. The van der Waals surface area contributed by atoms with E-state index in [9.17, 15) is 18.1 Å². The van der Waals surface area contributed by atoms with E-state index in [0.29, 0.717) is 12.1 Å². The van der Waals surface area contributed by atoms with E-state index in [2.05, 4.69) is 5.32 Å². The molecule has 8 heteroatoms. The van der Waals surface area contributed by atoms with Gasteiger partial charge in [-0.3, -0.25) is 0 Å². The number of halogens is 2. The molecule has 164 valence electrons.